The summed E-state index contributed by atoms with van der Waals surface area (Å²) < 4.78 is 11.0. The first kappa shape index (κ1) is 18.0. The van der Waals surface area contributed by atoms with Gasteiger partial charge in [-0.3, -0.25) is 4.79 Å². The lowest BCUT2D eigenvalue weighted by molar-refractivity contribution is 0.103. The number of rotatable bonds is 6. The molecule has 0 aliphatic heterocycles. The van der Waals surface area contributed by atoms with Crippen LogP contribution >= 0.6 is 11.3 Å². The molecule has 0 spiro atoms. The molecular formula is C21H21NO3S. The Kier molecular flexibility index (Phi) is 5.58. The maximum Gasteiger partial charge on any atom is 0.265 e. The van der Waals surface area contributed by atoms with Crippen molar-refractivity contribution in [3.05, 3.63) is 75.5 Å². The summed E-state index contributed by atoms with van der Waals surface area (Å²) in [5.41, 5.74) is 4.06. The molecule has 4 nitrogen and oxygen atoms in total. The number of benzene rings is 2. The number of thiophene rings is 1. The molecule has 1 aromatic heterocycles. The van der Waals surface area contributed by atoms with E-state index in [1.165, 1.54) is 22.5 Å². The summed E-state index contributed by atoms with van der Waals surface area (Å²) in [6.45, 7) is 4.54. The average molecular weight is 367 g/mol. The van der Waals surface area contributed by atoms with E-state index in [1.807, 2.05) is 61.7 Å². The van der Waals surface area contributed by atoms with Crippen LogP contribution in [0.25, 0.3) is 0 Å². The van der Waals surface area contributed by atoms with Crippen LogP contribution in [0.1, 0.15) is 26.4 Å². The van der Waals surface area contributed by atoms with Gasteiger partial charge in [0.25, 0.3) is 5.91 Å². The van der Waals surface area contributed by atoms with Gasteiger partial charge in [-0.25, -0.2) is 0 Å². The van der Waals surface area contributed by atoms with Crippen LogP contribution in [-0.4, -0.2) is 13.0 Å². The highest BCUT2D eigenvalue weighted by molar-refractivity contribution is 7.12. The summed E-state index contributed by atoms with van der Waals surface area (Å²) >= 11 is 1.41. The van der Waals surface area contributed by atoms with Crippen LogP contribution < -0.4 is 14.8 Å². The topological polar surface area (TPSA) is 47.6 Å². The van der Waals surface area contributed by atoms with Crippen molar-refractivity contribution in [3.63, 3.8) is 0 Å². The number of hydrogen-bond acceptors (Lipinski definition) is 4. The molecule has 26 heavy (non-hydrogen) atoms. The van der Waals surface area contributed by atoms with Crippen molar-refractivity contribution in [2.45, 2.75) is 20.5 Å². The van der Waals surface area contributed by atoms with E-state index >= 15 is 0 Å². The highest BCUT2D eigenvalue weighted by Crippen LogP contribution is 2.22. The van der Waals surface area contributed by atoms with Crippen LogP contribution in [0, 0.1) is 13.8 Å². The second kappa shape index (κ2) is 8.06. The Hall–Kier alpha value is -2.79. The number of aryl methyl sites for hydroxylation is 2. The van der Waals surface area contributed by atoms with Gasteiger partial charge in [0.05, 0.1) is 12.0 Å². The van der Waals surface area contributed by atoms with Gasteiger partial charge >= 0.3 is 0 Å². The maximum absolute atomic E-state index is 12.4. The molecule has 0 unspecified atom stereocenters. The van der Waals surface area contributed by atoms with E-state index in [-0.39, 0.29) is 5.91 Å². The lowest BCUT2D eigenvalue weighted by atomic mass is 10.1. The summed E-state index contributed by atoms with van der Waals surface area (Å²) in [4.78, 5) is 13.0. The van der Waals surface area contributed by atoms with Crippen molar-refractivity contribution in [1.29, 1.82) is 0 Å². The summed E-state index contributed by atoms with van der Waals surface area (Å²) in [6.07, 6.45) is 0. The predicted octanol–water partition coefficient (Wildman–Crippen LogP) is 5.20. The molecule has 134 valence electrons. The first-order valence-electron chi connectivity index (χ1n) is 8.27. The van der Waals surface area contributed by atoms with Gasteiger partial charge in [-0.1, -0.05) is 6.07 Å². The van der Waals surface area contributed by atoms with Crippen LogP contribution in [0.3, 0.4) is 0 Å². The third-order valence-electron chi connectivity index (χ3n) is 3.83. The molecule has 0 radical (unpaired) electrons. The molecule has 5 heteroatoms. The second-order valence-electron chi connectivity index (χ2n) is 6.11. The van der Waals surface area contributed by atoms with E-state index in [0.717, 1.165) is 22.7 Å². The number of methoxy groups -OCH3 is 1. The number of carbonyl (C=O) groups excluding carboxylic acids is 1. The second-order valence-corrected chi connectivity index (χ2v) is 7.03. The molecule has 1 heterocycles. The van der Waals surface area contributed by atoms with Crippen molar-refractivity contribution in [2.75, 3.05) is 12.4 Å². The van der Waals surface area contributed by atoms with E-state index in [0.29, 0.717) is 11.5 Å². The molecule has 1 amide bonds. The largest absolute Gasteiger partial charge is 0.497 e. The standard InChI is InChI=1S/C21H21NO3S/c1-14-8-15(2)10-19(9-14)25-12-16-11-20(26-13-16)21(23)22-17-4-6-18(24-3)7-5-17/h4-11,13H,12H2,1-3H3,(H,22,23). The number of anilines is 1. The van der Waals surface area contributed by atoms with Gasteiger partial charge in [-0.15, -0.1) is 11.3 Å². The first-order chi connectivity index (χ1) is 12.5. The van der Waals surface area contributed by atoms with Crippen LogP contribution in [0.4, 0.5) is 5.69 Å². The Labute approximate surface area is 157 Å². The van der Waals surface area contributed by atoms with Crippen molar-refractivity contribution in [2.24, 2.45) is 0 Å². The molecule has 0 fully saturated rings. The van der Waals surface area contributed by atoms with Gasteiger partial charge in [0.1, 0.15) is 18.1 Å². The molecular weight excluding hydrogens is 346 g/mol. The Morgan fingerprint density at radius 3 is 2.35 bits per heavy atom. The Morgan fingerprint density at radius 1 is 1.00 bits per heavy atom. The fourth-order valence-corrected chi connectivity index (χ4v) is 3.41. The van der Waals surface area contributed by atoms with Crippen LogP contribution in [0.2, 0.25) is 0 Å². The Bertz CT molecular complexity index is 880. The number of amides is 1. The average Bonchev–Trinajstić information content (AvgIpc) is 3.09. The molecule has 0 saturated heterocycles. The minimum absolute atomic E-state index is 0.127. The highest BCUT2D eigenvalue weighted by atomic mass is 32.1. The predicted molar refractivity (Wildman–Crippen MR) is 106 cm³/mol. The lowest BCUT2D eigenvalue weighted by Crippen LogP contribution is -2.10. The molecule has 0 saturated carbocycles. The van der Waals surface area contributed by atoms with Gasteiger partial charge in [0, 0.05) is 11.3 Å². The van der Waals surface area contributed by atoms with Crippen molar-refractivity contribution in [1.82, 2.24) is 0 Å². The molecule has 2 aromatic carbocycles. The van der Waals surface area contributed by atoms with E-state index < -0.39 is 0 Å². The summed E-state index contributed by atoms with van der Waals surface area (Å²) in [6, 6.07) is 15.3. The maximum atomic E-state index is 12.4. The fourth-order valence-electron chi connectivity index (χ4n) is 2.62. The van der Waals surface area contributed by atoms with Crippen molar-refractivity contribution >= 4 is 22.9 Å². The molecule has 3 aromatic rings. The van der Waals surface area contributed by atoms with Crippen molar-refractivity contribution in [3.8, 4) is 11.5 Å². The molecule has 1 N–H and O–H groups in total. The van der Waals surface area contributed by atoms with Crippen LogP contribution in [-0.2, 0) is 6.61 Å². The quantitative estimate of drug-likeness (QED) is 0.651. The van der Waals surface area contributed by atoms with Gasteiger partial charge in [-0.05, 0) is 72.8 Å². The lowest BCUT2D eigenvalue weighted by Gasteiger charge is -2.07. The third-order valence-corrected chi connectivity index (χ3v) is 4.80. The molecule has 0 atom stereocenters. The van der Waals surface area contributed by atoms with Gasteiger partial charge in [0.2, 0.25) is 0 Å². The molecule has 3 rings (SSSR count). The zero-order chi connectivity index (χ0) is 18.5. The van der Waals surface area contributed by atoms with Gasteiger partial charge in [0.15, 0.2) is 0 Å². The number of nitrogens with one attached hydrogen (secondary N) is 1. The van der Waals surface area contributed by atoms with E-state index in [4.69, 9.17) is 9.47 Å². The van der Waals surface area contributed by atoms with Crippen LogP contribution in [0.15, 0.2) is 53.9 Å². The monoisotopic (exact) mass is 367 g/mol. The smallest absolute Gasteiger partial charge is 0.265 e. The fraction of sp³-hybridized carbons (Fsp3) is 0.190. The van der Waals surface area contributed by atoms with Gasteiger partial charge in [-0.2, -0.15) is 0 Å². The van der Waals surface area contributed by atoms with Crippen molar-refractivity contribution < 1.29 is 14.3 Å². The summed E-state index contributed by atoms with van der Waals surface area (Å²) in [5, 5.41) is 4.84. The zero-order valence-electron chi connectivity index (χ0n) is 15.0. The third kappa shape index (κ3) is 4.64. The SMILES string of the molecule is COc1ccc(NC(=O)c2cc(COc3cc(C)cc(C)c3)cs2)cc1. The molecule has 0 aliphatic rings. The number of carbonyl (C=O) groups is 1. The molecule has 0 bridgehead atoms. The normalized spacial score (nSPS) is 10.4. The van der Waals surface area contributed by atoms with E-state index in [1.54, 1.807) is 7.11 Å². The minimum Gasteiger partial charge on any atom is -0.497 e. The van der Waals surface area contributed by atoms with Crippen LogP contribution in [0.5, 0.6) is 11.5 Å². The number of hydrogen-bond donors (Lipinski definition) is 1. The Morgan fingerprint density at radius 2 is 1.69 bits per heavy atom. The summed E-state index contributed by atoms with van der Waals surface area (Å²) in [5.74, 6) is 1.47. The Balaban J connectivity index is 1.60. The van der Waals surface area contributed by atoms with Gasteiger partial charge < -0.3 is 14.8 Å². The number of ether oxygens (including phenoxy) is 2. The summed E-state index contributed by atoms with van der Waals surface area (Å²) in [7, 11) is 1.61. The first-order valence-corrected chi connectivity index (χ1v) is 9.15. The zero-order valence-corrected chi connectivity index (χ0v) is 15.9. The minimum atomic E-state index is -0.127. The van der Waals surface area contributed by atoms with E-state index in [9.17, 15) is 4.79 Å². The highest BCUT2D eigenvalue weighted by Gasteiger charge is 2.10. The van der Waals surface area contributed by atoms with E-state index in [2.05, 4.69) is 11.4 Å². The molecule has 0 aliphatic carbocycles.